The largest absolute Gasteiger partial charge is 0.463 e. The molecule has 3 rings (SSSR count). The van der Waals surface area contributed by atoms with Crippen molar-refractivity contribution < 1.29 is 19.2 Å². The minimum absolute atomic E-state index is 0.0622. The summed E-state index contributed by atoms with van der Waals surface area (Å²) in [6.45, 7) is 5.97. The van der Waals surface area contributed by atoms with E-state index in [9.17, 15) is 9.59 Å². The number of rotatable bonds is 6. The van der Waals surface area contributed by atoms with Gasteiger partial charge in [0.2, 0.25) is 6.10 Å². The number of amides is 1. The maximum atomic E-state index is 12.9. The van der Waals surface area contributed by atoms with Crippen LogP contribution >= 0.6 is 0 Å². The van der Waals surface area contributed by atoms with Crippen molar-refractivity contribution >= 4 is 28.4 Å². The van der Waals surface area contributed by atoms with Gasteiger partial charge >= 0.3 is 5.97 Å². The van der Waals surface area contributed by atoms with E-state index in [1.165, 1.54) is 0 Å². The molecule has 0 aliphatic carbocycles. The molecule has 1 aliphatic rings. The lowest BCUT2D eigenvalue weighted by molar-refractivity contribution is -0.154. The summed E-state index contributed by atoms with van der Waals surface area (Å²) >= 11 is 0. The van der Waals surface area contributed by atoms with Crippen LogP contribution in [0.2, 0.25) is 0 Å². The van der Waals surface area contributed by atoms with E-state index >= 15 is 0 Å². The van der Waals surface area contributed by atoms with Crippen LogP contribution < -0.4 is 5.32 Å². The summed E-state index contributed by atoms with van der Waals surface area (Å²) in [4.78, 5) is 34.2. The van der Waals surface area contributed by atoms with Gasteiger partial charge in [0.05, 0.1) is 18.4 Å². The van der Waals surface area contributed by atoms with E-state index in [1.807, 2.05) is 44.2 Å². The molecule has 27 heavy (non-hydrogen) atoms. The third kappa shape index (κ3) is 4.07. The zero-order valence-corrected chi connectivity index (χ0v) is 15.6. The average Bonchev–Trinajstić information content (AvgIpc) is 3.15. The highest BCUT2D eigenvalue weighted by Gasteiger charge is 2.35. The molecule has 1 amide bonds. The molecule has 0 bridgehead atoms. The van der Waals surface area contributed by atoms with Gasteiger partial charge in [-0.2, -0.15) is 0 Å². The molecule has 0 spiro atoms. The van der Waals surface area contributed by atoms with Crippen LogP contribution in [0.25, 0.3) is 10.8 Å². The smallest absolute Gasteiger partial charge is 0.350 e. The maximum absolute atomic E-state index is 12.9. The van der Waals surface area contributed by atoms with Crippen LogP contribution in [0.1, 0.15) is 37.7 Å². The lowest BCUT2D eigenvalue weighted by atomic mass is 9.95. The molecule has 1 N–H and O–H groups in total. The molecule has 0 saturated carbocycles. The predicted octanol–water partition coefficient (Wildman–Crippen LogP) is 2.70. The molecule has 7 nitrogen and oxygen atoms in total. The summed E-state index contributed by atoms with van der Waals surface area (Å²) in [5.41, 5.74) is 0.983. The highest BCUT2D eigenvalue weighted by molar-refractivity contribution is 6.07. The van der Waals surface area contributed by atoms with Gasteiger partial charge in [-0.15, -0.1) is 0 Å². The Morgan fingerprint density at radius 2 is 2.07 bits per heavy atom. The Balaban J connectivity index is 1.77. The first-order valence-electron chi connectivity index (χ1n) is 9.05. The van der Waals surface area contributed by atoms with Crippen molar-refractivity contribution in [1.29, 1.82) is 0 Å². The van der Waals surface area contributed by atoms with Crippen molar-refractivity contribution in [2.75, 3.05) is 6.61 Å². The molecule has 0 saturated heterocycles. The fourth-order valence-corrected chi connectivity index (χ4v) is 3.09. The first-order valence-corrected chi connectivity index (χ1v) is 9.05. The molecule has 2 aromatic rings. The van der Waals surface area contributed by atoms with E-state index in [2.05, 4.69) is 15.5 Å². The van der Waals surface area contributed by atoms with E-state index in [-0.39, 0.29) is 24.5 Å². The first-order chi connectivity index (χ1) is 13.0. The number of nitrogens with zero attached hydrogens (tertiary/aromatic N) is 2. The number of oxime groups is 1. The zero-order valence-electron chi connectivity index (χ0n) is 15.6. The number of fused-ring (bicyclic) bond motifs is 1. The molecule has 2 atom stereocenters. The molecule has 1 aliphatic heterocycles. The molecule has 1 aromatic carbocycles. The first kappa shape index (κ1) is 18.8. The summed E-state index contributed by atoms with van der Waals surface area (Å²) in [7, 11) is 0. The van der Waals surface area contributed by atoms with Gasteiger partial charge in [0, 0.05) is 18.0 Å². The normalized spacial score (nSPS) is 17.3. The quantitative estimate of drug-likeness (QED) is 0.791. The SMILES string of the molecule is CCOC(=O)C1CC([C@@H](NC(=O)c2nccc3ccccc23)C(C)C)=NO1. The van der Waals surface area contributed by atoms with Crippen LogP contribution in [0.5, 0.6) is 0 Å². The summed E-state index contributed by atoms with van der Waals surface area (Å²) in [6, 6.07) is 9.10. The average molecular weight is 369 g/mol. The monoisotopic (exact) mass is 369 g/mol. The van der Waals surface area contributed by atoms with Crippen LogP contribution in [0, 0.1) is 5.92 Å². The number of aromatic nitrogens is 1. The number of hydrogen-bond acceptors (Lipinski definition) is 6. The van der Waals surface area contributed by atoms with Gasteiger partial charge in [0.1, 0.15) is 5.69 Å². The second-order valence-corrected chi connectivity index (χ2v) is 6.71. The van der Waals surface area contributed by atoms with Crippen LogP contribution in [0.3, 0.4) is 0 Å². The van der Waals surface area contributed by atoms with E-state index in [0.717, 1.165) is 10.8 Å². The number of carbonyl (C=O) groups excluding carboxylic acids is 2. The van der Waals surface area contributed by atoms with Gasteiger partial charge in [0.25, 0.3) is 5.91 Å². The lowest BCUT2D eigenvalue weighted by Gasteiger charge is -2.21. The van der Waals surface area contributed by atoms with Crippen LogP contribution in [0.15, 0.2) is 41.7 Å². The van der Waals surface area contributed by atoms with E-state index < -0.39 is 12.1 Å². The highest BCUT2D eigenvalue weighted by Crippen LogP contribution is 2.20. The van der Waals surface area contributed by atoms with Gasteiger partial charge in [-0.25, -0.2) is 4.79 Å². The molecule has 2 heterocycles. The van der Waals surface area contributed by atoms with Gasteiger partial charge < -0.3 is 14.9 Å². The van der Waals surface area contributed by atoms with Gasteiger partial charge in [-0.3, -0.25) is 9.78 Å². The van der Waals surface area contributed by atoms with E-state index in [1.54, 1.807) is 13.1 Å². The Kier molecular flexibility index (Phi) is 5.69. The van der Waals surface area contributed by atoms with E-state index in [0.29, 0.717) is 17.8 Å². The van der Waals surface area contributed by atoms with Crippen molar-refractivity contribution in [3.05, 3.63) is 42.2 Å². The molecule has 1 aromatic heterocycles. The van der Waals surface area contributed by atoms with Crippen molar-refractivity contribution in [3.63, 3.8) is 0 Å². The Bertz CT molecular complexity index is 873. The Morgan fingerprint density at radius 3 is 2.81 bits per heavy atom. The minimum atomic E-state index is -0.756. The van der Waals surface area contributed by atoms with Crippen molar-refractivity contribution in [2.45, 2.75) is 39.3 Å². The van der Waals surface area contributed by atoms with E-state index in [4.69, 9.17) is 9.57 Å². The van der Waals surface area contributed by atoms with Crippen LogP contribution in [-0.4, -0.2) is 41.3 Å². The Hall–Kier alpha value is -2.96. The van der Waals surface area contributed by atoms with Crippen molar-refractivity contribution in [3.8, 4) is 0 Å². The number of carbonyl (C=O) groups is 2. The summed E-state index contributed by atoms with van der Waals surface area (Å²) in [6.07, 6.45) is 1.16. The second-order valence-electron chi connectivity index (χ2n) is 6.71. The Morgan fingerprint density at radius 1 is 1.30 bits per heavy atom. The second kappa shape index (κ2) is 8.16. The molecular weight excluding hydrogens is 346 g/mol. The third-order valence-electron chi connectivity index (χ3n) is 4.44. The molecule has 142 valence electrons. The fraction of sp³-hybridized carbons (Fsp3) is 0.400. The molecule has 0 fully saturated rings. The zero-order chi connectivity index (χ0) is 19.4. The van der Waals surface area contributed by atoms with Crippen molar-refractivity contribution in [2.24, 2.45) is 11.1 Å². The van der Waals surface area contributed by atoms with Crippen molar-refractivity contribution in [1.82, 2.24) is 10.3 Å². The van der Waals surface area contributed by atoms with Crippen LogP contribution in [-0.2, 0) is 14.4 Å². The maximum Gasteiger partial charge on any atom is 0.350 e. The lowest BCUT2D eigenvalue weighted by Crippen LogP contribution is -2.44. The fourth-order valence-electron chi connectivity index (χ4n) is 3.09. The Labute approximate surface area is 157 Å². The molecule has 1 unspecified atom stereocenters. The summed E-state index contributed by atoms with van der Waals surface area (Å²) < 4.78 is 4.98. The summed E-state index contributed by atoms with van der Waals surface area (Å²) in [5, 5.41) is 8.76. The van der Waals surface area contributed by atoms with Gasteiger partial charge in [-0.05, 0) is 24.3 Å². The topological polar surface area (TPSA) is 89.9 Å². The summed E-state index contributed by atoms with van der Waals surface area (Å²) in [5.74, 6) is -0.666. The molecular formula is C20H23N3O4. The standard InChI is InChI=1S/C20H23N3O4/c1-4-26-20(25)16-11-15(23-27-16)17(12(2)3)22-19(24)18-14-8-6-5-7-13(14)9-10-21-18/h5-10,12,16-17H,4,11H2,1-3H3,(H,22,24)/t16?,17-/m0/s1. The molecule has 0 radical (unpaired) electrons. The molecule has 7 heteroatoms. The number of esters is 1. The number of pyridine rings is 1. The number of ether oxygens (including phenoxy) is 1. The highest BCUT2D eigenvalue weighted by atomic mass is 16.7. The third-order valence-corrected chi connectivity index (χ3v) is 4.44. The van der Waals surface area contributed by atoms with Gasteiger partial charge in [-0.1, -0.05) is 43.3 Å². The van der Waals surface area contributed by atoms with Crippen LogP contribution in [0.4, 0.5) is 0 Å². The van der Waals surface area contributed by atoms with Gasteiger partial charge in [0.15, 0.2) is 0 Å². The number of hydrogen-bond donors (Lipinski definition) is 1. The minimum Gasteiger partial charge on any atom is -0.463 e. The number of nitrogens with one attached hydrogen (secondary N) is 1. The number of benzene rings is 1. The predicted molar refractivity (Wildman–Crippen MR) is 101 cm³/mol.